The van der Waals surface area contributed by atoms with Gasteiger partial charge in [0.1, 0.15) is 0 Å². The van der Waals surface area contributed by atoms with Gasteiger partial charge < -0.3 is 24.6 Å². The fraction of sp³-hybridized carbons (Fsp3) is 0.500. The summed E-state index contributed by atoms with van der Waals surface area (Å²) in [6.45, 7) is 0.311. The number of carbonyl (C=O) groups is 1. The van der Waals surface area contributed by atoms with E-state index in [1.54, 1.807) is 0 Å². The number of methoxy groups -OCH3 is 3. The molecule has 7 heteroatoms. The molecule has 0 bridgehead atoms. The van der Waals surface area contributed by atoms with Crippen LogP contribution in [0.2, 0.25) is 0 Å². The number of aliphatic carboxylic acids is 1. The van der Waals surface area contributed by atoms with Crippen molar-refractivity contribution in [2.75, 3.05) is 27.9 Å². The molecule has 1 aromatic carbocycles. The molecule has 2 atom stereocenters. The van der Waals surface area contributed by atoms with Crippen LogP contribution in [-0.2, 0) is 4.79 Å². The molecule has 1 aliphatic heterocycles. The maximum atomic E-state index is 14.1. The molecule has 1 fully saturated rings. The summed E-state index contributed by atoms with van der Waals surface area (Å²) < 4.78 is 29.7. The second kappa shape index (κ2) is 6.17. The summed E-state index contributed by atoms with van der Waals surface area (Å²) in [6.07, 6.45) is 0.328. The Balaban J connectivity index is 2.50. The van der Waals surface area contributed by atoms with Crippen LogP contribution >= 0.6 is 0 Å². The molecule has 2 rings (SSSR count). The van der Waals surface area contributed by atoms with Gasteiger partial charge in [-0.3, -0.25) is 4.79 Å². The van der Waals surface area contributed by atoms with Crippen LogP contribution in [0.15, 0.2) is 6.07 Å². The predicted molar refractivity (Wildman–Crippen MR) is 72.5 cm³/mol. The fourth-order valence-electron chi connectivity index (χ4n) is 2.64. The number of ether oxygens (including phenoxy) is 3. The van der Waals surface area contributed by atoms with Crippen LogP contribution in [-0.4, -0.2) is 38.9 Å². The van der Waals surface area contributed by atoms with Crippen LogP contribution < -0.4 is 19.5 Å². The molecule has 21 heavy (non-hydrogen) atoms. The second-order valence-electron chi connectivity index (χ2n) is 4.77. The number of carboxylic acids is 1. The summed E-state index contributed by atoms with van der Waals surface area (Å²) in [5.41, 5.74) is 0.445. The molecule has 0 saturated carbocycles. The van der Waals surface area contributed by atoms with Gasteiger partial charge in [0.2, 0.25) is 0 Å². The van der Waals surface area contributed by atoms with E-state index >= 15 is 0 Å². The molecule has 116 valence electrons. The normalized spacial score (nSPS) is 21.1. The Kier molecular flexibility index (Phi) is 4.52. The zero-order valence-corrected chi connectivity index (χ0v) is 12.1. The van der Waals surface area contributed by atoms with Gasteiger partial charge in [0.05, 0.1) is 32.8 Å². The standard InChI is InChI=1S/C14H18FNO5/c1-19-10-5-8(15)12(20-2)11(13(10)21-3)9-4-7(6-16-9)14(17)18/h5,7,9,16H,4,6H2,1-3H3,(H,17,18). The molecule has 2 N–H and O–H groups in total. The minimum Gasteiger partial charge on any atom is -0.493 e. The first kappa shape index (κ1) is 15.4. The minimum atomic E-state index is -0.883. The van der Waals surface area contributed by atoms with Crippen LogP contribution in [0.5, 0.6) is 17.2 Å². The Labute approximate surface area is 121 Å². The van der Waals surface area contributed by atoms with Gasteiger partial charge in [-0.15, -0.1) is 0 Å². The molecule has 1 aromatic rings. The quantitative estimate of drug-likeness (QED) is 0.860. The monoisotopic (exact) mass is 299 g/mol. The summed E-state index contributed by atoms with van der Waals surface area (Å²) in [6, 6.07) is 0.811. The van der Waals surface area contributed by atoms with Gasteiger partial charge in [-0.2, -0.15) is 0 Å². The van der Waals surface area contributed by atoms with E-state index in [0.717, 1.165) is 0 Å². The smallest absolute Gasteiger partial charge is 0.307 e. The van der Waals surface area contributed by atoms with Gasteiger partial charge in [-0.05, 0) is 6.42 Å². The van der Waals surface area contributed by atoms with Gasteiger partial charge in [-0.25, -0.2) is 4.39 Å². The number of halogens is 1. The number of hydrogen-bond donors (Lipinski definition) is 2. The molecule has 6 nitrogen and oxygen atoms in total. The number of rotatable bonds is 5. The highest BCUT2D eigenvalue weighted by atomic mass is 19.1. The minimum absolute atomic E-state index is 0.0381. The Morgan fingerprint density at radius 2 is 1.95 bits per heavy atom. The molecule has 0 radical (unpaired) electrons. The third-order valence-electron chi connectivity index (χ3n) is 3.64. The Morgan fingerprint density at radius 3 is 2.43 bits per heavy atom. The van der Waals surface area contributed by atoms with E-state index < -0.39 is 17.7 Å². The summed E-state index contributed by atoms with van der Waals surface area (Å²) in [4.78, 5) is 11.1. The van der Waals surface area contributed by atoms with Crippen molar-refractivity contribution < 1.29 is 28.5 Å². The van der Waals surface area contributed by atoms with Gasteiger partial charge in [-0.1, -0.05) is 0 Å². The van der Waals surface area contributed by atoms with Crippen molar-refractivity contribution in [3.8, 4) is 17.2 Å². The molecule has 0 aromatic heterocycles. The molecule has 1 saturated heterocycles. The van der Waals surface area contributed by atoms with Gasteiger partial charge in [0, 0.05) is 18.7 Å². The lowest BCUT2D eigenvalue weighted by Gasteiger charge is -2.21. The molecular formula is C14H18FNO5. The van der Waals surface area contributed by atoms with E-state index in [2.05, 4.69) is 5.32 Å². The van der Waals surface area contributed by atoms with Crippen molar-refractivity contribution in [1.29, 1.82) is 0 Å². The summed E-state index contributed by atoms with van der Waals surface area (Å²) in [5, 5.41) is 12.2. The first-order valence-electron chi connectivity index (χ1n) is 6.48. The fourth-order valence-corrected chi connectivity index (χ4v) is 2.64. The second-order valence-corrected chi connectivity index (χ2v) is 4.77. The Hall–Kier alpha value is -2.02. The van der Waals surface area contributed by atoms with E-state index in [4.69, 9.17) is 19.3 Å². The lowest BCUT2D eigenvalue weighted by Crippen LogP contribution is -2.18. The molecular weight excluding hydrogens is 281 g/mol. The predicted octanol–water partition coefficient (Wildman–Crippen LogP) is 1.59. The van der Waals surface area contributed by atoms with Crippen molar-refractivity contribution in [3.05, 3.63) is 17.4 Å². The van der Waals surface area contributed by atoms with Crippen molar-refractivity contribution in [2.45, 2.75) is 12.5 Å². The summed E-state index contributed by atoms with van der Waals surface area (Å²) >= 11 is 0. The number of benzene rings is 1. The third kappa shape index (κ3) is 2.73. The van der Waals surface area contributed by atoms with E-state index in [-0.39, 0.29) is 17.5 Å². The topological polar surface area (TPSA) is 77.0 Å². The highest BCUT2D eigenvalue weighted by Gasteiger charge is 2.35. The van der Waals surface area contributed by atoms with E-state index in [0.29, 0.717) is 24.3 Å². The average molecular weight is 299 g/mol. The maximum absolute atomic E-state index is 14.1. The SMILES string of the molecule is COc1cc(F)c(OC)c(C2CC(C(=O)O)CN2)c1OC. The summed E-state index contributed by atoms with van der Waals surface area (Å²) in [7, 11) is 4.22. The average Bonchev–Trinajstić information content (AvgIpc) is 2.95. The van der Waals surface area contributed by atoms with Gasteiger partial charge in [0.15, 0.2) is 23.1 Å². The molecule has 2 unspecified atom stereocenters. The highest BCUT2D eigenvalue weighted by Crippen LogP contribution is 2.45. The van der Waals surface area contributed by atoms with Crippen LogP contribution in [0.3, 0.4) is 0 Å². The van der Waals surface area contributed by atoms with Gasteiger partial charge in [0.25, 0.3) is 0 Å². The molecule has 1 heterocycles. The van der Waals surface area contributed by atoms with E-state index in [1.807, 2.05) is 0 Å². The number of nitrogens with one attached hydrogen (secondary N) is 1. The van der Waals surface area contributed by atoms with Gasteiger partial charge >= 0.3 is 5.97 Å². The zero-order valence-electron chi connectivity index (χ0n) is 12.1. The largest absolute Gasteiger partial charge is 0.493 e. The molecule has 0 spiro atoms. The molecule has 1 aliphatic rings. The van der Waals surface area contributed by atoms with Crippen LogP contribution in [0.25, 0.3) is 0 Å². The van der Waals surface area contributed by atoms with Crippen LogP contribution in [0, 0.1) is 11.7 Å². The first-order valence-corrected chi connectivity index (χ1v) is 6.48. The Morgan fingerprint density at radius 1 is 1.29 bits per heavy atom. The molecule has 0 amide bonds. The zero-order chi connectivity index (χ0) is 15.6. The first-order chi connectivity index (χ1) is 10.0. The lowest BCUT2D eigenvalue weighted by atomic mass is 9.97. The number of carboxylic acid groups (broad SMARTS) is 1. The van der Waals surface area contributed by atoms with Crippen molar-refractivity contribution in [3.63, 3.8) is 0 Å². The van der Waals surface area contributed by atoms with Crippen molar-refractivity contribution in [2.24, 2.45) is 5.92 Å². The third-order valence-corrected chi connectivity index (χ3v) is 3.64. The van der Waals surface area contributed by atoms with Crippen LogP contribution in [0.4, 0.5) is 4.39 Å². The van der Waals surface area contributed by atoms with E-state index in [1.165, 1.54) is 27.4 Å². The van der Waals surface area contributed by atoms with E-state index in [9.17, 15) is 9.18 Å². The van der Waals surface area contributed by atoms with Crippen molar-refractivity contribution >= 4 is 5.97 Å². The Bertz CT molecular complexity index is 549. The number of hydrogen-bond acceptors (Lipinski definition) is 5. The highest BCUT2D eigenvalue weighted by molar-refractivity contribution is 5.71. The molecule has 0 aliphatic carbocycles. The summed E-state index contributed by atoms with van der Waals surface area (Å²) in [5.74, 6) is -1.36. The lowest BCUT2D eigenvalue weighted by molar-refractivity contribution is -0.141. The van der Waals surface area contributed by atoms with Crippen molar-refractivity contribution in [1.82, 2.24) is 5.32 Å². The maximum Gasteiger partial charge on any atom is 0.307 e. The van der Waals surface area contributed by atoms with Crippen LogP contribution in [0.1, 0.15) is 18.0 Å².